The largest absolute Gasteiger partial charge is 0.363 e. The van der Waals surface area contributed by atoms with Gasteiger partial charge < -0.3 is 4.90 Å². The molecule has 3 nitrogen and oxygen atoms in total. The zero-order valence-electron chi connectivity index (χ0n) is 15.0. The third-order valence-electron chi connectivity index (χ3n) is 5.00. The third-order valence-corrected chi connectivity index (χ3v) is 6.04. The summed E-state index contributed by atoms with van der Waals surface area (Å²) in [7, 11) is 0. The van der Waals surface area contributed by atoms with Crippen molar-refractivity contribution in [1.82, 2.24) is 0 Å². The number of anilines is 1. The molecule has 1 aliphatic heterocycles. The van der Waals surface area contributed by atoms with Crippen molar-refractivity contribution in [3.8, 4) is 17.2 Å². The predicted octanol–water partition coefficient (Wildman–Crippen LogP) is 5.51. The molecule has 4 heteroatoms. The normalized spacial score (nSPS) is 14.0. The molecule has 0 aliphatic carbocycles. The summed E-state index contributed by atoms with van der Waals surface area (Å²) in [5.41, 5.74) is 4.06. The highest BCUT2D eigenvalue weighted by atomic mass is 32.1. The van der Waals surface area contributed by atoms with E-state index in [1.165, 1.54) is 19.3 Å². The first-order chi connectivity index (χ1) is 13.3. The first-order valence-electron chi connectivity index (χ1n) is 9.24. The maximum atomic E-state index is 13.4. The zero-order chi connectivity index (χ0) is 18.6. The number of carbonyl (C=O) groups is 1. The van der Waals surface area contributed by atoms with Gasteiger partial charge in [-0.1, -0.05) is 42.5 Å². The van der Waals surface area contributed by atoms with E-state index >= 15 is 0 Å². The van der Waals surface area contributed by atoms with Crippen LogP contribution in [0.2, 0.25) is 0 Å². The summed E-state index contributed by atoms with van der Waals surface area (Å²) < 4.78 is 0. The molecule has 0 saturated carbocycles. The van der Waals surface area contributed by atoms with E-state index in [0.29, 0.717) is 11.1 Å². The Morgan fingerprint density at radius 1 is 0.963 bits per heavy atom. The smallest absolute Gasteiger partial charge is 0.196 e. The highest BCUT2D eigenvalue weighted by Gasteiger charge is 2.25. The Bertz CT molecular complexity index is 977. The minimum absolute atomic E-state index is 0.0665. The molecule has 0 amide bonds. The predicted molar refractivity (Wildman–Crippen MR) is 110 cm³/mol. The van der Waals surface area contributed by atoms with Gasteiger partial charge in [0, 0.05) is 29.6 Å². The van der Waals surface area contributed by atoms with Gasteiger partial charge >= 0.3 is 0 Å². The molecule has 3 aromatic rings. The fraction of sp³-hybridized carbons (Fsp3) is 0.217. The Morgan fingerprint density at radius 3 is 2.33 bits per heavy atom. The molecule has 0 spiro atoms. The minimum atomic E-state index is 0.0665. The molecule has 0 radical (unpaired) electrons. The first-order valence-corrected chi connectivity index (χ1v) is 10.1. The van der Waals surface area contributed by atoms with Crippen LogP contribution in [0.1, 0.15) is 40.7 Å². The average molecular weight is 372 g/mol. The lowest BCUT2D eigenvalue weighted by Crippen LogP contribution is -2.29. The number of piperidine rings is 1. The van der Waals surface area contributed by atoms with Crippen LogP contribution in [0.15, 0.2) is 60.0 Å². The molecule has 27 heavy (non-hydrogen) atoms. The van der Waals surface area contributed by atoms with Gasteiger partial charge in [-0.2, -0.15) is 5.26 Å². The first kappa shape index (κ1) is 17.5. The van der Waals surface area contributed by atoms with Crippen molar-refractivity contribution in [2.45, 2.75) is 19.3 Å². The quantitative estimate of drug-likeness (QED) is 0.567. The van der Waals surface area contributed by atoms with E-state index in [0.717, 1.165) is 34.8 Å². The van der Waals surface area contributed by atoms with Crippen LogP contribution in [-0.2, 0) is 0 Å². The lowest BCUT2D eigenvalue weighted by Gasteiger charge is -2.28. The third kappa shape index (κ3) is 3.51. The minimum Gasteiger partial charge on any atom is -0.363 e. The van der Waals surface area contributed by atoms with Gasteiger partial charge in [0.05, 0.1) is 17.2 Å². The SMILES string of the molecule is N#Cc1ccc(-c2csc(N3CCCCC3)c2C(=O)c2ccccc2)cc1. The molecule has 4 rings (SSSR count). The fourth-order valence-corrected chi connectivity index (χ4v) is 4.70. The van der Waals surface area contributed by atoms with Crippen molar-refractivity contribution in [3.05, 3.63) is 76.7 Å². The number of nitrogens with zero attached hydrogens (tertiary/aromatic N) is 2. The van der Waals surface area contributed by atoms with E-state index in [1.807, 2.05) is 54.6 Å². The Kier molecular flexibility index (Phi) is 5.04. The van der Waals surface area contributed by atoms with Crippen molar-refractivity contribution in [2.75, 3.05) is 18.0 Å². The number of hydrogen-bond donors (Lipinski definition) is 0. The molecule has 0 bridgehead atoms. The molecular formula is C23H20N2OS. The van der Waals surface area contributed by atoms with Crippen LogP contribution in [0, 0.1) is 11.3 Å². The fourth-order valence-electron chi connectivity index (χ4n) is 3.57. The number of nitriles is 1. The van der Waals surface area contributed by atoms with Gasteiger partial charge in [-0.3, -0.25) is 4.79 Å². The lowest BCUT2D eigenvalue weighted by atomic mass is 9.96. The molecule has 1 aromatic heterocycles. The lowest BCUT2D eigenvalue weighted by molar-refractivity contribution is 0.104. The van der Waals surface area contributed by atoms with Gasteiger partial charge in [0.25, 0.3) is 0 Å². The molecule has 0 N–H and O–H groups in total. The van der Waals surface area contributed by atoms with Crippen molar-refractivity contribution in [3.63, 3.8) is 0 Å². The molecule has 0 atom stereocenters. The van der Waals surface area contributed by atoms with Gasteiger partial charge in [0.15, 0.2) is 5.78 Å². The number of benzene rings is 2. The Balaban J connectivity index is 1.82. The van der Waals surface area contributed by atoms with Crippen molar-refractivity contribution in [1.29, 1.82) is 5.26 Å². The summed E-state index contributed by atoms with van der Waals surface area (Å²) in [6, 6.07) is 19.1. The highest BCUT2D eigenvalue weighted by Crippen LogP contribution is 2.40. The maximum absolute atomic E-state index is 13.4. The second kappa shape index (κ2) is 7.77. The van der Waals surface area contributed by atoms with E-state index in [9.17, 15) is 4.79 Å². The van der Waals surface area contributed by atoms with Crippen LogP contribution in [-0.4, -0.2) is 18.9 Å². The standard InChI is InChI=1S/C23H20N2OS/c24-15-17-9-11-18(12-10-17)20-16-27-23(25-13-5-2-6-14-25)21(20)22(26)19-7-3-1-4-8-19/h1,3-4,7-12,16H,2,5-6,13-14H2. The molecule has 1 saturated heterocycles. The molecule has 2 heterocycles. The summed E-state index contributed by atoms with van der Waals surface area (Å²) >= 11 is 1.65. The van der Waals surface area contributed by atoms with E-state index < -0.39 is 0 Å². The Labute approximate surface area is 163 Å². The summed E-state index contributed by atoms with van der Waals surface area (Å²) in [5, 5.41) is 12.2. The van der Waals surface area contributed by atoms with Gasteiger partial charge in [-0.15, -0.1) is 11.3 Å². The van der Waals surface area contributed by atoms with E-state index in [4.69, 9.17) is 5.26 Å². The number of thiophene rings is 1. The summed E-state index contributed by atoms with van der Waals surface area (Å²) in [6.45, 7) is 2.00. The van der Waals surface area contributed by atoms with Crippen molar-refractivity contribution in [2.24, 2.45) is 0 Å². The van der Waals surface area contributed by atoms with Crippen LogP contribution >= 0.6 is 11.3 Å². The molecule has 1 fully saturated rings. The van der Waals surface area contributed by atoms with Gasteiger partial charge in [-0.05, 0) is 37.0 Å². The summed E-state index contributed by atoms with van der Waals surface area (Å²) in [5.74, 6) is 0.0665. The Morgan fingerprint density at radius 2 is 1.67 bits per heavy atom. The molecule has 0 unspecified atom stereocenters. The summed E-state index contributed by atoms with van der Waals surface area (Å²) in [6.07, 6.45) is 3.60. The van der Waals surface area contributed by atoms with Crippen LogP contribution in [0.25, 0.3) is 11.1 Å². The maximum Gasteiger partial charge on any atom is 0.196 e. The van der Waals surface area contributed by atoms with Gasteiger partial charge in [0.2, 0.25) is 0 Å². The van der Waals surface area contributed by atoms with Crippen LogP contribution < -0.4 is 4.90 Å². The van der Waals surface area contributed by atoms with Crippen LogP contribution in [0.3, 0.4) is 0 Å². The number of hydrogen-bond acceptors (Lipinski definition) is 4. The summed E-state index contributed by atoms with van der Waals surface area (Å²) in [4.78, 5) is 15.8. The van der Waals surface area contributed by atoms with Crippen LogP contribution in [0.5, 0.6) is 0 Å². The van der Waals surface area contributed by atoms with E-state index in [1.54, 1.807) is 11.3 Å². The Hall–Kier alpha value is -2.90. The van der Waals surface area contributed by atoms with Gasteiger partial charge in [-0.25, -0.2) is 0 Å². The number of rotatable bonds is 4. The van der Waals surface area contributed by atoms with E-state index in [2.05, 4.69) is 16.3 Å². The highest BCUT2D eigenvalue weighted by molar-refractivity contribution is 7.15. The van der Waals surface area contributed by atoms with Gasteiger partial charge in [0.1, 0.15) is 5.00 Å². The molecule has 1 aliphatic rings. The van der Waals surface area contributed by atoms with Crippen molar-refractivity contribution >= 4 is 22.1 Å². The molecule has 134 valence electrons. The monoisotopic (exact) mass is 372 g/mol. The molecular weight excluding hydrogens is 352 g/mol. The van der Waals surface area contributed by atoms with Crippen LogP contribution in [0.4, 0.5) is 5.00 Å². The number of carbonyl (C=O) groups excluding carboxylic acids is 1. The second-order valence-electron chi connectivity index (χ2n) is 6.76. The zero-order valence-corrected chi connectivity index (χ0v) is 15.8. The second-order valence-corrected chi connectivity index (χ2v) is 7.62. The topological polar surface area (TPSA) is 44.1 Å². The average Bonchev–Trinajstić information content (AvgIpc) is 3.19. The van der Waals surface area contributed by atoms with E-state index in [-0.39, 0.29) is 5.78 Å². The van der Waals surface area contributed by atoms with Crippen molar-refractivity contribution < 1.29 is 4.79 Å². The number of ketones is 1. The molecule has 2 aromatic carbocycles.